The quantitative estimate of drug-likeness (QED) is 0.468. The molecule has 1 aliphatic heterocycles. The highest BCUT2D eigenvalue weighted by molar-refractivity contribution is 7.99. The molecule has 1 heterocycles. The number of hydrogen-bond acceptors (Lipinski definition) is 4. The molecule has 26 heavy (non-hydrogen) atoms. The molecule has 0 unspecified atom stereocenters. The molecule has 1 aliphatic rings. The van der Waals surface area contributed by atoms with Crippen molar-refractivity contribution in [2.45, 2.75) is 34.6 Å². The number of aryl methyl sites for hydroxylation is 1. The maximum atomic E-state index is 12.3. The molecule has 0 saturated heterocycles. The second-order valence-electron chi connectivity index (χ2n) is 6.36. The fourth-order valence-corrected chi connectivity index (χ4v) is 4.95. The molecule has 3 nitrogen and oxygen atoms in total. The Morgan fingerprint density at radius 1 is 0.923 bits per heavy atom. The van der Waals surface area contributed by atoms with Crippen molar-refractivity contribution in [1.82, 2.24) is 0 Å². The van der Waals surface area contributed by atoms with E-state index >= 15 is 0 Å². The normalized spacial score (nSPS) is 13.1. The van der Waals surface area contributed by atoms with Gasteiger partial charge >= 0.3 is 0 Å². The molecule has 0 spiro atoms. The minimum Gasteiger partial charge on any atom is -0.262 e. The van der Waals surface area contributed by atoms with Crippen LogP contribution in [0.5, 0.6) is 0 Å². The van der Waals surface area contributed by atoms with E-state index in [1.165, 1.54) is 16.0 Å². The van der Waals surface area contributed by atoms with Gasteiger partial charge in [0, 0.05) is 9.79 Å². The molecular weight excluding hydrogens is 364 g/mol. The third kappa shape index (κ3) is 3.56. The maximum Gasteiger partial charge on any atom is 0.297 e. The van der Waals surface area contributed by atoms with Gasteiger partial charge in [0.2, 0.25) is 0 Å². The average Bonchev–Trinajstić information content (AvgIpc) is 2.65. The molecule has 5 heteroatoms. The summed E-state index contributed by atoms with van der Waals surface area (Å²) < 4.78 is 29.9. The van der Waals surface area contributed by atoms with Crippen LogP contribution in [0.1, 0.15) is 22.3 Å². The van der Waals surface area contributed by atoms with Crippen molar-refractivity contribution in [3.05, 3.63) is 89.0 Å². The fraction of sp³-hybridized carbons (Fsp3) is 0.143. The van der Waals surface area contributed by atoms with Gasteiger partial charge in [-0.05, 0) is 54.3 Å². The zero-order chi connectivity index (χ0) is 18.1. The van der Waals surface area contributed by atoms with Crippen LogP contribution in [0.15, 0.2) is 81.4 Å². The first-order chi connectivity index (χ1) is 12.5. The van der Waals surface area contributed by atoms with E-state index in [1.807, 2.05) is 25.1 Å². The Kier molecular flexibility index (Phi) is 4.61. The van der Waals surface area contributed by atoms with Crippen LogP contribution in [0.4, 0.5) is 0 Å². The van der Waals surface area contributed by atoms with Gasteiger partial charge in [0.15, 0.2) is 0 Å². The van der Waals surface area contributed by atoms with E-state index in [0.717, 1.165) is 22.4 Å². The summed E-state index contributed by atoms with van der Waals surface area (Å²) >= 11 is 1.72. The number of fused-ring (bicyclic) bond motifs is 2. The van der Waals surface area contributed by atoms with Crippen molar-refractivity contribution >= 4 is 21.9 Å². The van der Waals surface area contributed by atoms with Gasteiger partial charge < -0.3 is 0 Å². The molecule has 3 aromatic rings. The Morgan fingerprint density at radius 2 is 1.65 bits per heavy atom. The second-order valence-corrected chi connectivity index (χ2v) is 9.06. The molecule has 0 amide bonds. The first-order valence-corrected chi connectivity index (χ1v) is 10.6. The van der Waals surface area contributed by atoms with Crippen molar-refractivity contribution in [2.75, 3.05) is 0 Å². The Balaban J connectivity index is 1.51. The molecule has 4 rings (SSSR count). The van der Waals surface area contributed by atoms with Crippen LogP contribution in [0.2, 0.25) is 0 Å². The van der Waals surface area contributed by atoms with Crippen LogP contribution in [-0.4, -0.2) is 8.42 Å². The van der Waals surface area contributed by atoms with Crippen molar-refractivity contribution in [1.29, 1.82) is 0 Å². The fourth-order valence-electron chi connectivity index (χ4n) is 2.92. The van der Waals surface area contributed by atoms with Gasteiger partial charge in [-0.25, -0.2) is 0 Å². The summed E-state index contributed by atoms with van der Waals surface area (Å²) in [7, 11) is -3.75. The van der Waals surface area contributed by atoms with E-state index in [0.29, 0.717) is 0 Å². The largest absolute Gasteiger partial charge is 0.297 e. The summed E-state index contributed by atoms with van der Waals surface area (Å²) in [6.07, 6.45) is 0.904. The van der Waals surface area contributed by atoms with Gasteiger partial charge in [0.1, 0.15) is 0 Å². The lowest BCUT2D eigenvalue weighted by Gasteiger charge is -2.19. The van der Waals surface area contributed by atoms with E-state index in [2.05, 4.69) is 24.3 Å². The molecular formula is C21H18O3S2. The molecule has 0 atom stereocenters. The summed E-state index contributed by atoms with van der Waals surface area (Å²) in [6, 6.07) is 21.1. The summed E-state index contributed by atoms with van der Waals surface area (Å²) in [5.41, 5.74) is 4.46. The second kappa shape index (κ2) is 6.91. The molecule has 0 aromatic heterocycles. The molecule has 132 valence electrons. The van der Waals surface area contributed by atoms with Gasteiger partial charge in [-0.1, -0.05) is 59.8 Å². The predicted octanol–water partition coefficient (Wildman–Crippen LogP) is 4.96. The van der Waals surface area contributed by atoms with Crippen LogP contribution in [0, 0.1) is 6.92 Å². The Hall–Kier alpha value is -2.08. The maximum absolute atomic E-state index is 12.3. The zero-order valence-corrected chi connectivity index (χ0v) is 15.9. The summed E-state index contributed by atoms with van der Waals surface area (Å²) in [5, 5.41) is 0. The van der Waals surface area contributed by atoms with Crippen LogP contribution in [-0.2, 0) is 27.3 Å². The number of hydrogen-bond donors (Lipinski definition) is 0. The molecule has 0 N–H and O–H groups in total. The van der Waals surface area contributed by atoms with E-state index < -0.39 is 10.1 Å². The minimum absolute atomic E-state index is 0.0334. The van der Waals surface area contributed by atoms with Crippen molar-refractivity contribution in [3.8, 4) is 0 Å². The number of benzene rings is 3. The van der Waals surface area contributed by atoms with Gasteiger partial charge in [-0.15, -0.1) is 0 Å². The van der Waals surface area contributed by atoms with Gasteiger partial charge in [-0.2, -0.15) is 8.42 Å². The van der Waals surface area contributed by atoms with Gasteiger partial charge in [0.25, 0.3) is 10.1 Å². The molecule has 0 fully saturated rings. The predicted molar refractivity (Wildman–Crippen MR) is 103 cm³/mol. The van der Waals surface area contributed by atoms with E-state index in [-0.39, 0.29) is 11.5 Å². The first-order valence-electron chi connectivity index (χ1n) is 8.35. The highest BCUT2D eigenvalue weighted by Crippen LogP contribution is 2.39. The SMILES string of the molecule is Cc1ccc(S(=O)(=O)OCc2ccc3c(c2)Sc2ccccc2C3)cc1. The van der Waals surface area contributed by atoms with Crippen LogP contribution >= 0.6 is 11.8 Å². The van der Waals surface area contributed by atoms with Crippen molar-refractivity contribution in [2.24, 2.45) is 0 Å². The van der Waals surface area contributed by atoms with Crippen LogP contribution < -0.4 is 0 Å². The van der Waals surface area contributed by atoms with E-state index in [1.54, 1.807) is 36.0 Å². The van der Waals surface area contributed by atoms with Gasteiger partial charge in [0.05, 0.1) is 11.5 Å². The summed E-state index contributed by atoms with van der Waals surface area (Å²) in [4.78, 5) is 2.60. The van der Waals surface area contributed by atoms with E-state index in [4.69, 9.17) is 4.18 Å². The third-order valence-electron chi connectivity index (χ3n) is 4.40. The Labute approximate surface area is 158 Å². The number of rotatable bonds is 4. The Morgan fingerprint density at radius 3 is 2.46 bits per heavy atom. The standard InChI is InChI=1S/C21H18O3S2/c1-15-6-10-19(11-7-15)26(22,23)24-14-16-8-9-18-13-17-4-2-3-5-20(17)25-21(18)12-16/h2-12H,13-14H2,1H3. The molecule has 0 radical (unpaired) electrons. The highest BCUT2D eigenvalue weighted by Gasteiger charge is 2.18. The average molecular weight is 383 g/mol. The first kappa shape index (κ1) is 17.3. The molecule has 0 bridgehead atoms. The molecule has 0 saturated carbocycles. The monoisotopic (exact) mass is 382 g/mol. The topological polar surface area (TPSA) is 43.4 Å². The van der Waals surface area contributed by atoms with Gasteiger partial charge in [-0.3, -0.25) is 4.18 Å². The van der Waals surface area contributed by atoms with E-state index in [9.17, 15) is 8.42 Å². The van der Waals surface area contributed by atoms with Crippen molar-refractivity contribution in [3.63, 3.8) is 0 Å². The van der Waals surface area contributed by atoms with Crippen molar-refractivity contribution < 1.29 is 12.6 Å². The minimum atomic E-state index is -3.75. The summed E-state index contributed by atoms with van der Waals surface area (Å²) in [6.45, 7) is 1.95. The lowest BCUT2D eigenvalue weighted by atomic mass is 10.0. The lowest BCUT2D eigenvalue weighted by Crippen LogP contribution is -2.07. The van der Waals surface area contributed by atoms with Crippen LogP contribution in [0.25, 0.3) is 0 Å². The lowest BCUT2D eigenvalue weighted by molar-refractivity contribution is 0.307. The smallest absolute Gasteiger partial charge is 0.262 e. The Bertz CT molecular complexity index is 1050. The highest BCUT2D eigenvalue weighted by atomic mass is 32.2. The zero-order valence-electron chi connectivity index (χ0n) is 14.3. The molecule has 3 aromatic carbocycles. The summed E-state index contributed by atoms with van der Waals surface area (Å²) in [5.74, 6) is 0. The van der Waals surface area contributed by atoms with Crippen LogP contribution in [0.3, 0.4) is 0 Å². The molecule has 0 aliphatic carbocycles. The third-order valence-corrected chi connectivity index (χ3v) is 6.89.